The molecule has 1 saturated heterocycles. The number of carbonyl (C=O) groups excluding carboxylic acids is 2. The average molecular weight is 497 g/mol. The van der Waals surface area contributed by atoms with Gasteiger partial charge in [0.25, 0.3) is 11.7 Å². The summed E-state index contributed by atoms with van der Waals surface area (Å²) in [5.74, 6) is 0.0780. The van der Waals surface area contributed by atoms with Gasteiger partial charge in [0.1, 0.15) is 11.5 Å². The lowest BCUT2D eigenvalue weighted by atomic mass is 9.95. The van der Waals surface area contributed by atoms with E-state index in [1.165, 1.54) is 4.90 Å². The molecular weight excluding hydrogens is 460 g/mol. The summed E-state index contributed by atoms with van der Waals surface area (Å²) >= 11 is 0. The van der Waals surface area contributed by atoms with Gasteiger partial charge in [-0.25, -0.2) is 0 Å². The Hall–Kier alpha value is -3.52. The summed E-state index contributed by atoms with van der Waals surface area (Å²) in [5, 5.41) is 11.4. The second-order valence-electron chi connectivity index (χ2n) is 8.74. The lowest BCUT2D eigenvalue weighted by Gasteiger charge is -2.27. The Morgan fingerprint density at radius 1 is 0.972 bits per heavy atom. The van der Waals surface area contributed by atoms with E-state index in [1.807, 2.05) is 39.8 Å². The number of nitrogens with zero attached hydrogens (tertiary/aromatic N) is 2. The third-order valence-electron chi connectivity index (χ3n) is 5.79. The summed E-state index contributed by atoms with van der Waals surface area (Å²) < 4.78 is 17.2. The number of benzene rings is 2. The Bertz CT molecular complexity index is 1110. The summed E-state index contributed by atoms with van der Waals surface area (Å²) in [4.78, 5) is 29.9. The molecule has 1 fully saturated rings. The zero-order chi connectivity index (χ0) is 26.2. The minimum absolute atomic E-state index is 0.0398. The molecule has 0 spiro atoms. The van der Waals surface area contributed by atoms with Crippen molar-refractivity contribution in [1.82, 2.24) is 9.80 Å². The summed E-state index contributed by atoms with van der Waals surface area (Å²) in [6.45, 7) is 8.07. The number of likely N-dealkylation sites (N-methyl/N-ethyl adjacent to an activating group) is 1. The average Bonchev–Trinajstić information content (AvgIpc) is 3.12. The summed E-state index contributed by atoms with van der Waals surface area (Å²) in [6.07, 6.45) is 0.840. The highest BCUT2D eigenvalue weighted by Crippen LogP contribution is 2.42. The van der Waals surface area contributed by atoms with E-state index in [2.05, 4.69) is 0 Å². The smallest absolute Gasteiger partial charge is 0.295 e. The molecule has 1 unspecified atom stereocenters. The predicted molar refractivity (Wildman–Crippen MR) is 139 cm³/mol. The van der Waals surface area contributed by atoms with Crippen LogP contribution in [0.2, 0.25) is 0 Å². The molecule has 1 aliphatic rings. The molecule has 0 saturated carbocycles. The SMILES string of the molecule is CCCOc1cccc(/C(O)=C2/C(=O)C(=O)N(CCN(C)C)C2c2ccc(OCC)c(OCC)c2)c1. The van der Waals surface area contributed by atoms with Crippen molar-refractivity contribution in [2.75, 3.05) is 47.0 Å². The van der Waals surface area contributed by atoms with E-state index < -0.39 is 17.7 Å². The summed E-state index contributed by atoms with van der Waals surface area (Å²) in [6, 6.07) is 11.5. The van der Waals surface area contributed by atoms with Gasteiger partial charge in [0.2, 0.25) is 0 Å². The van der Waals surface area contributed by atoms with E-state index >= 15 is 0 Å². The topological polar surface area (TPSA) is 88.5 Å². The zero-order valence-corrected chi connectivity index (χ0v) is 21.7. The highest BCUT2D eigenvalue weighted by atomic mass is 16.5. The first kappa shape index (κ1) is 27.1. The number of ether oxygens (including phenoxy) is 3. The van der Waals surface area contributed by atoms with Gasteiger partial charge >= 0.3 is 0 Å². The van der Waals surface area contributed by atoms with Crippen molar-refractivity contribution in [2.45, 2.75) is 33.2 Å². The fourth-order valence-corrected chi connectivity index (χ4v) is 4.11. The molecule has 1 heterocycles. The van der Waals surface area contributed by atoms with Gasteiger partial charge in [0.05, 0.1) is 31.4 Å². The number of rotatable bonds is 12. The molecule has 8 nitrogen and oxygen atoms in total. The third kappa shape index (κ3) is 5.99. The maximum Gasteiger partial charge on any atom is 0.295 e. The zero-order valence-electron chi connectivity index (χ0n) is 21.7. The molecule has 0 aromatic heterocycles. The van der Waals surface area contributed by atoms with E-state index in [1.54, 1.807) is 42.5 Å². The van der Waals surface area contributed by atoms with Crippen molar-refractivity contribution in [2.24, 2.45) is 0 Å². The largest absolute Gasteiger partial charge is 0.507 e. The Morgan fingerprint density at radius 3 is 2.36 bits per heavy atom. The van der Waals surface area contributed by atoms with Crippen LogP contribution in [0.15, 0.2) is 48.0 Å². The fourth-order valence-electron chi connectivity index (χ4n) is 4.11. The van der Waals surface area contributed by atoms with E-state index in [4.69, 9.17) is 14.2 Å². The monoisotopic (exact) mass is 496 g/mol. The maximum atomic E-state index is 13.3. The van der Waals surface area contributed by atoms with Crippen LogP contribution >= 0.6 is 0 Å². The van der Waals surface area contributed by atoms with Crippen molar-refractivity contribution >= 4 is 17.4 Å². The van der Waals surface area contributed by atoms with Crippen LogP contribution in [0.25, 0.3) is 5.76 Å². The number of amides is 1. The summed E-state index contributed by atoms with van der Waals surface area (Å²) in [5.41, 5.74) is 1.10. The Kier molecular flexibility index (Phi) is 9.36. The van der Waals surface area contributed by atoms with Crippen LogP contribution in [0.4, 0.5) is 0 Å². The van der Waals surface area contributed by atoms with Crippen molar-refractivity contribution in [3.63, 3.8) is 0 Å². The molecule has 0 radical (unpaired) electrons. The molecule has 36 heavy (non-hydrogen) atoms. The van der Waals surface area contributed by atoms with Crippen molar-refractivity contribution in [3.8, 4) is 17.2 Å². The molecule has 3 rings (SSSR count). The predicted octanol–water partition coefficient (Wildman–Crippen LogP) is 4.26. The van der Waals surface area contributed by atoms with Crippen LogP contribution in [0.1, 0.15) is 44.4 Å². The van der Waals surface area contributed by atoms with Gasteiger partial charge in [0.15, 0.2) is 11.5 Å². The molecule has 194 valence electrons. The number of aliphatic hydroxyl groups is 1. The first-order valence-corrected chi connectivity index (χ1v) is 12.4. The lowest BCUT2D eigenvalue weighted by Crippen LogP contribution is -2.35. The van der Waals surface area contributed by atoms with Gasteiger partial charge in [-0.1, -0.05) is 25.1 Å². The van der Waals surface area contributed by atoms with Crippen LogP contribution in [0, 0.1) is 0 Å². The molecular formula is C28H36N2O6. The van der Waals surface area contributed by atoms with E-state index in [0.717, 1.165) is 6.42 Å². The Balaban J connectivity index is 2.15. The third-order valence-corrected chi connectivity index (χ3v) is 5.79. The lowest BCUT2D eigenvalue weighted by molar-refractivity contribution is -0.140. The fraction of sp³-hybridized carbons (Fsp3) is 0.429. The molecule has 1 N–H and O–H groups in total. The molecule has 1 amide bonds. The normalized spacial score (nSPS) is 17.1. The van der Waals surface area contributed by atoms with Crippen molar-refractivity contribution in [1.29, 1.82) is 0 Å². The number of Topliss-reactive ketones (excluding diaryl/α,β-unsaturated/α-hetero) is 1. The molecule has 2 aromatic carbocycles. The van der Waals surface area contributed by atoms with Crippen molar-refractivity contribution < 1.29 is 28.9 Å². The van der Waals surface area contributed by atoms with Gasteiger partial charge in [-0.15, -0.1) is 0 Å². The first-order chi connectivity index (χ1) is 17.3. The molecule has 1 aliphatic heterocycles. The second-order valence-corrected chi connectivity index (χ2v) is 8.74. The van der Waals surface area contributed by atoms with Gasteiger partial charge in [-0.3, -0.25) is 9.59 Å². The first-order valence-electron chi connectivity index (χ1n) is 12.4. The quantitative estimate of drug-likeness (QED) is 0.267. The molecule has 0 aliphatic carbocycles. The number of hydrogen-bond acceptors (Lipinski definition) is 7. The second kappa shape index (κ2) is 12.4. The Labute approximate surface area is 213 Å². The molecule has 8 heteroatoms. The van der Waals surface area contributed by atoms with Crippen molar-refractivity contribution in [3.05, 3.63) is 59.2 Å². The van der Waals surface area contributed by atoms with Crippen LogP contribution in [-0.4, -0.2) is 73.6 Å². The van der Waals surface area contributed by atoms with Gasteiger partial charge in [-0.2, -0.15) is 0 Å². The maximum absolute atomic E-state index is 13.3. The molecule has 1 atom stereocenters. The van der Waals surface area contributed by atoms with E-state index in [0.29, 0.717) is 61.3 Å². The van der Waals surface area contributed by atoms with Gasteiger partial charge in [0, 0.05) is 18.7 Å². The number of ketones is 1. The van der Waals surface area contributed by atoms with Crippen LogP contribution in [0.5, 0.6) is 17.2 Å². The Morgan fingerprint density at radius 2 is 1.69 bits per heavy atom. The number of likely N-dealkylation sites (tertiary alicyclic amines) is 1. The highest BCUT2D eigenvalue weighted by Gasteiger charge is 2.46. The minimum Gasteiger partial charge on any atom is -0.507 e. The standard InChI is InChI=1S/C28H36N2O6/c1-6-16-36-21-11-9-10-20(17-21)26(31)24-25(30(15-14-29(4)5)28(33)27(24)32)19-12-13-22(34-7-2)23(18-19)35-8-3/h9-13,17-18,25,31H,6-8,14-16H2,1-5H3/b26-24-. The number of carbonyl (C=O) groups is 2. The van der Waals surface area contributed by atoms with Gasteiger partial charge < -0.3 is 29.1 Å². The highest BCUT2D eigenvalue weighted by molar-refractivity contribution is 6.46. The van der Waals surface area contributed by atoms with Crippen LogP contribution in [-0.2, 0) is 9.59 Å². The van der Waals surface area contributed by atoms with Crippen LogP contribution < -0.4 is 14.2 Å². The van der Waals surface area contributed by atoms with E-state index in [9.17, 15) is 14.7 Å². The van der Waals surface area contributed by atoms with Gasteiger partial charge in [-0.05, 0) is 64.2 Å². The van der Waals surface area contributed by atoms with E-state index in [-0.39, 0.29) is 11.3 Å². The summed E-state index contributed by atoms with van der Waals surface area (Å²) in [7, 11) is 3.80. The minimum atomic E-state index is -0.778. The van der Waals surface area contributed by atoms with Crippen LogP contribution in [0.3, 0.4) is 0 Å². The molecule has 0 bridgehead atoms. The number of aliphatic hydroxyl groups excluding tert-OH is 1. The molecule has 2 aromatic rings. The number of hydrogen-bond donors (Lipinski definition) is 1.